The maximum Gasteiger partial charge on any atom is 0.537 e. The molecule has 192 valence electrons. The molecule has 1 aliphatic heterocycles. The molecule has 0 radical (unpaired) electrons. The number of aromatic nitrogens is 3. The summed E-state index contributed by atoms with van der Waals surface area (Å²) in [7, 11) is -16.5. The number of aliphatic hydroxyl groups excluding tert-OH is 2. The molecule has 0 aliphatic carbocycles. The third kappa shape index (κ3) is 6.24. The van der Waals surface area contributed by atoms with Crippen molar-refractivity contribution in [3.8, 4) is 15.6 Å². The van der Waals surface area contributed by atoms with E-state index in [1.807, 2.05) is 0 Å². The zero-order valence-corrected chi connectivity index (χ0v) is 20.7. The number of phosphoric acid groups is 3. The monoisotopic (exact) mass is 573 g/mol. The fourth-order valence-corrected chi connectivity index (χ4v) is 7.40. The van der Waals surface area contributed by atoms with Crippen molar-refractivity contribution in [1.29, 1.82) is 0 Å². The predicted octanol–water partition coefficient (Wildman–Crippen LogP) is 1.51. The second-order valence-corrected chi connectivity index (χ2v) is 12.4. The summed E-state index contributed by atoms with van der Waals surface area (Å²) < 4.78 is 53.6. The average Bonchev–Trinajstić information content (AvgIpc) is 3.42. The van der Waals surface area contributed by atoms with Crippen molar-refractivity contribution in [2.24, 2.45) is 0 Å². The van der Waals surface area contributed by atoms with Crippen LogP contribution in [0.4, 0.5) is 0 Å². The summed E-state index contributed by atoms with van der Waals surface area (Å²) in [6, 6.07) is 3.32. The van der Waals surface area contributed by atoms with Crippen LogP contribution in [0.5, 0.6) is 5.06 Å². The van der Waals surface area contributed by atoms with Gasteiger partial charge in [0, 0.05) is 29.8 Å². The summed E-state index contributed by atoms with van der Waals surface area (Å²) in [4.78, 5) is 44.5. The lowest BCUT2D eigenvalue weighted by atomic mass is 10.2. The van der Waals surface area contributed by atoms with E-state index in [1.54, 1.807) is 22.9 Å². The molecule has 0 saturated carbocycles. The molecular weight excluding hydrogens is 555 g/mol. The summed E-state index contributed by atoms with van der Waals surface area (Å²) in [5.41, 5.74) is 1.01. The minimum Gasteiger partial charge on any atom is -0.394 e. The van der Waals surface area contributed by atoms with Crippen molar-refractivity contribution in [2.75, 3.05) is 6.61 Å². The number of phosphoric ester groups is 1. The third-order valence-electron chi connectivity index (χ3n) is 4.65. The number of hydrogen-bond donors (Lipinski definition) is 6. The molecule has 0 amide bonds. The average molecular weight is 573 g/mol. The number of pyridine rings is 1. The molecule has 35 heavy (non-hydrogen) atoms. The van der Waals surface area contributed by atoms with Crippen LogP contribution in [-0.2, 0) is 27.1 Å². The van der Waals surface area contributed by atoms with E-state index in [9.17, 15) is 33.7 Å². The van der Waals surface area contributed by atoms with E-state index >= 15 is 0 Å². The Morgan fingerprint density at radius 3 is 2.51 bits per heavy atom. The minimum atomic E-state index is -5.65. The number of fused-ring (bicyclic) bond motifs is 1. The molecule has 1 fully saturated rings. The predicted molar refractivity (Wildman–Crippen MR) is 117 cm³/mol. The van der Waals surface area contributed by atoms with Gasteiger partial charge >= 0.3 is 23.5 Å². The van der Waals surface area contributed by atoms with E-state index in [0.717, 1.165) is 17.5 Å². The van der Waals surface area contributed by atoms with Crippen LogP contribution in [0.2, 0.25) is 0 Å². The maximum atomic E-state index is 12.0. The Balaban J connectivity index is 1.55. The number of aliphatic hydroxyl groups is 2. The van der Waals surface area contributed by atoms with E-state index in [2.05, 4.69) is 23.1 Å². The lowest BCUT2D eigenvalue weighted by Gasteiger charge is -2.15. The molecular formula is C15H18N3O13P3S. The standard InChI is InChI=1S/C15H18N3O13P3S/c19-7-11-10(20)5-12(28-11)18-4-2-8-9(1-3-16-14(8)18)15-17-6-13(35-15)29-33(24,25)31-34(26,27)30-32(21,22)23/h1-4,6,10-12,19-20H,5,7H2,(H,24,25)(H,26,27)(H2,21,22,23)/t10-,11+,12+/m0/s1. The Hall–Kier alpha value is -1.55. The first kappa shape index (κ1) is 26.5. The van der Waals surface area contributed by atoms with Crippen molar-refractivity contribution in [1.82, 2.24) is 14.5 Å². The number of thiazole rings is 1. The molecule has 0 aromatic carbocycles. The minimum absolute atomic E-state index is 0.238. The molecule has 2 unspecified atom stereocenters. The van der Waals surface area contributed by atoms with Crippen molar-refractivity contribution in [3.05, 3.63) is 30.7 Å². The zero-order chi connectivity index (χ0) is 25.6. The van der Waals surface area contributed by atoms with Crippen LogP contribution >= 0.6 is 34.8 Å². The highest BCUT2D eigenvalue weighted by Gasteiger charge is 2.42. The van der Waals surface area contributed by atoms with Gasteiger partial charge in [-0.1, -0.05) is 11.3 Å². The van der Waals surface area contributed by atoms with Gasteiger partial charge in [-0.05, 0) is 12.1 Å². The molecule has 4 rings (SSSR count). The SMILES string of the molecule is O=P(O)(O)OP(=O)(O)OP(=O)(O)Oc1cnc(-c2ccnc3c2ccn3[C@H]2C[C@H](O)[C@@H](CO)O2)s1. The van der Waals surface area contributed by atoms with Crippen LogP contribution in [0.3, 0.4) is 0 Å². The summed E-state index contributed by atoms with van der Waals surface area (Å²) in [6.07, 6.45) is 2.29. The quantitative estimate of drug-likeness (QED) is 0.199. The van der Waals surface area contributed by atoms with Crippen molar-refractivity contribution >= 4 is 45.8 Å². The molecule has 16 nitrogen and oxygen atoms in total. The molecule has 20 heteroatoms. The van der Waals surface area contributed by atoms with Crippen LogP contribution < -0.4 is 4.52 Å². The Morgan fingerprint density at radius 1 is 1.11 bits per heavy atom. The van der Waals surface area contributed by atoms with Gasteiger partial charge in [-0.15, -0.1) is 0 Å². The highest BCUT2D eigenvalue weighted by molar-refractivity contribution is 7.66. The second kappa shape index (κ2) is 9.72. The van der Waals surface area contributed by atoms with Crippen LogP contribution in [0.1, 0.15) is 12.6 Å². The van der Waals surface area contributed by atoms with Gasteiger partial charge < -0.3 is 38.7 Å². The fraction of sp³-hybridized carbons (Fsp3) is 0.333. The molecule has 6 N–H and O–H groups in total. The highest BCUT2D eigenvalue weighted by atomic mass is 32.1. The molecule has 5 atom stereocenters. The first-order valence-electron chi connectivity index (χ1n) is 9.46. The molecule has 1 aliphatic rings. The smallest absolute Gasteiger partial charge is 0.394 e. The van der Waals surface area contributed by atoms with Gasteiger partial charge in [-0.25, -0.2) is 23.7 Å². The zero-order valence-electron chi connectivity index (χ0n) is 17.2. The second-order valence-electron chi connectivity index (χ2n) is 7.10. The number of hydrogen-bond acceptors (Lipinski definition) is 12. The summed E-state index contributed by atoms with van der Waals surface area (Å²) >= 11 is 0.760. The van der Waals surface area contributed by atoms with Gasteiger partial charge in [0.05, 0.1) is 18.9 Å². The fourth-order valence-electron chi connectivity index (χ4n) is 3.36. The first-order valence-corrected chi connectivity index (χ1v) is 14.8. The van der Waals surface area contributed by atoms with Gasteiger partial charge in [0.2, 0.25) is 5.06 Å². The molecule has 0 spiro atoms. The van der Waals surface area contributed by atoms with E-state index < -0.39 is 41.9 Å². The van der Waals surface area contributed by atoms with Gasteiger partial charge in [0.1, 0.15) is 23.0 Å². The van der Waals surface area contributed by atoms with Crippen LogP contribution in [0.25, 0.3) is 21.6 Å². The third-order valence-corrected chi connectivity index (χ3v) is 9.43. The van der Waals surface area contributed by atoms with E-state index in [4.69, 9.17) is 14.5 Å². The molecule has 3 aromatic rings. The van der Waals surface area contributed by atoms with Crippen LogP contribution in [0, 0.1) is 0 Å². The topological polar surface area (TPSA) is 240 Å². The Morgan fingerprint density at radius 2 is 1.86 bits per heavy atom. The summed E-state index contributed by atoms with van der Waals surface area (Å²) in [5.74, 6) is 0. The lowest BCUT2D eigenvalue weighted by molar-refractivity contribution is -0.0430. The van der Waals surface area contributed by atoms with Crippen LogP contribution in [0.15, 0.2) is 30.7 Å². The van der Waals surface area contributed by atoms with Crippen molar-refractivity contribution in [2.45, 2.75) is 24.9 Å². The Bertz CT molecular complexity index is 1370. The summed E-state index contributed by atoms with van der Waals surface area (Å²) in [5, 5.41) is 19.9. The molecule has 1 saturated heterocycles. The lowest BCUT2D eigenvalue weighted by Crippen LogP contribution is -2.24. The molecule has 0 bridgehead atoms. The number of nitrogens with zero attached hydrogens (tertiary/aromatic N) is 3. The van der Waals surface area contributed by atoms with Gasteiger partial charge in [-0.3, -0.25) is 4.89 Å². The maximum absolute atomic E-state index is 12.0. The van der Waals surface area contributed by atoms with Gasteiger partial charge in [-0.2, -0.15) is 8.62 Å². The summed E-state index contributed by atoms with van der Waals surface area (Å²) in [6.45, 7) is -0.340. The Labute approximate surface area is 199 Å². The number of ether oxygens (including phenoxy) is 1. The van der Waals surface area contributed by atoms with Crippen molar-refractivity contribution in [3.63, 3.8) is 0 Å². The molecule has 4 heterocycles. The van der Waals surface area contributed by atoms with Crippen molar-refractivity contribution < 1.29 is 61.4 Å². The molecule has 3 aromatic heterocycles. The number of rotatable bonds is 9. The first-order chi connectivity index (χ1) is 16.3. The Kier molecular flexibility index (Phi) is 7.37. The van der Waals surface area contributed by atoms with E-state index in [1.165, 1.54) is 6.20 Å². The van der Waals surface area contributed by atoms with Gasteiger partial charge in [0.15, 0.2) is 0 Å². The normalized spacial score (nSPS) is 24.3. The van der Waals surface area contributed by atoms with Crippen LogP contribution in [-0.4, -0.2) is 63.1 Å². The van der Waals surface area contributed by atoms with E-state index in [-0.39, 0.29) is 18.1 Å². The largest absolute Gasteiger partial charge is 0.537 e. The van der Waals surface area contributed by atoms with Gasteiger partial charge in [0.25, 0.3) is 0 Å². The van der Waals surface area contributed by atoms with E-state index in [0.29, 0.717) is 21.6 Å². The highest BCUT2D eigenvalue weighted by Crippen LogP contribution is 2.66.